The van der Waals surface area contributed by atoms with Crippen LogP contribution in [0.3, 0.4) is 0 Å². The maximum absolute atomic E-state index is 12.0. The average molecular weight is 404 g/mol. The molecule has 0 saturated carbocycles. The highest BCUT2D eigenvalue weighted by molar-refractivity contribution is 8.01. The molecule has 0 atom stereocenters. The molecule has 0 aliphatic carbocycles. The number of anilines is 3. The van der Waals surface area contributed by atoms with Gasteiger partial charge in [0.1, 0.15) is 5.76 Å². The van der Waals surface area contributed by atoms with Gasteiger partial charge in [-0.15, -0.1) is 10.2 Å². The van der Waals surface area contributed by atoms with Crippen LogP contribution in [0.15, 0.2) is 39.2 Å². The molecule has 27 heavy (non-hydrogen) atoms. The first-order chi connectivity index (χ1) is 13.0. The van der Waals surface area contributed by atoms with Crippen LogP contribution in [0.5, 0.6) is 0 Å². The molecule has 3 amide bonds. The molecule has 140 valence electrons. The van der Waals surface area contributed by atoms with Crippen LogP contribution >= 0.6 is 23.1 Å². The van der Waals surface area contributed by atoms with Gasteiger partial charge >= 0.3 is 6.03 Å². The summed E-state index contributed by atoms with van der Waals surface area (Å²) in [6.07, 6.45) is 0. The topological polar surface area (TPSA) is 122 Å². The average Bonchev–Trinajstić information content (AvgIpc) is 3.24. The minimum atomic E-state index is -0.411. The van der Waals surface area contributed by atoms with E-state index < -0.39 is 6.03 Å². The van der Waals surface area contributed by atoms with Crippen LogP contribution < -0.4 is 16.0 Å². The van der Waals surface area contributed by atoms with Crippen molar-refractivity contribution in [1.82, 2.24) is 15.4 Å². The number of hydrogen-bond acceptors (Lipinski definition) is 8. The SMILES string of the molecule is Cc1ccc(NC(=O)Nc2nnc(SCC(=O)Nc3cc(C)on3)s2)cc1. The molecule has 0 unspecified atom stereocenters. The Morgan fingerprint density at radius 2 is 1.89 bits per heavy atom. The molecule has 0 saturated heterocycles. The summed E-state index contributed by atoms with van der Waals surface area (Å²) in [6, 6.07) is 8.64. The van der Waals surface area contributed by atoms with Crippen molar-refractivity contribution in [3.8, 4) is 0 Å². The number of benzene rings is 1. The summed E-state index contributed by atoms with van der Waals surface area (Å²) in [5, 5.41) is 19.8. The van der Waals surface area contributed by atoms with Crippen LogP contribution in [0.4, 0.5) is 21.4 Å². The third-order valence-corrected chi connectivity index (χ3v) is 5.13. The van der Waals surface area contributed by atoms with Gasteiger partial charge in [0.2, 0.25) is 11.0 Å². The molecule has 0 aliphatic heterocycles. The van der Waals surface area contributed by atoms with Crippen molar-refractivity contribution in [3.05, 3.63) is 41.7 Å². The van der Waals surface area contributed by atoms with Gasteiger partial charge in [0.15, 0.2) is 10.2 Å². The number of urea groups is 1. The second-order valence-electron chi connectivity index (χ2n) is 5.48. The second kappa shape index (κ2) is 8.64. The van der Waals surface area contributed by atoms with Crippen LogP contribution in [0.25, 0.3) is 0 Å². The Hall–Kier alpha value is -2.92. The molecule has 11 heteroatoms. The first-order valence-corrected chi connectivity index (χ1v) is 9.62. The monoisotopic (exact) mass is 404 g/mol. The summed E-state index contributed by atoms with van der Waals surface area (Å²) in [6.45, 7) is 3.71. The quantitative estimate of drug-likeness (QED) is 0.424. The summed E-state index contributed by atoms with van der Waals surface area (Å²) < 4.78 is 5.44. The van der Waals surface area contributed by atoms with Crippen molar-refractivity contribution in [2.45, 2.75) is 18.2 Å². The highest BCUT2D eigenvalue weighted by Gasteiger charge is 2.12. The van der Waals surface area contributed by atoms with Crippen LogP contribution in [-0.2, 0) is 4.79 Å². The van der Waals surface area contributed by atoms with Gasteiger partial charge in [-0.25, -0.2) is 4.79 Å². The lowest BCUT2D eigenvalue weighted by Crippen LogP contribution is -2.19. The van der Waals surface area contributed by atoms with Crippen molar-refractivity contribution < 1.29 is 14.1 Å². The Bertz CT molecular complexity index is 938. The predicted molar refractivity (Wildman–Crippen MR) is 104 cm³/mol. The van der Waals surface area contributed by atoms with Gasteiger partial charge in [0.05, 0.1) is 5.75 Å². The van der Waals surface area contributed by atoms with Crippen LogP contribution in [-0.4, -0.2) is 33.0 Å². The molecule has 0 radical (unpaired) electrons. The summed E-state index contributed by atoms with van der Waals surface area (Å²) in [5.41, 5.74) is 1.78. The fourth-order valence-corrected chi connectivity index (χ4v) is 3.49. The van der Waals surface area contributed by atoms with Gasteiger partial charge < -0.3 is 15.2 Å². The lowest BCUT2D eigenvalue weighted by molar-refractivity contribution is -0.113. The molecule has 9 nitrogen and oxygen atoms in total. The van der Waals surface area contributed by atoms with E-state index in [1.165, 1.54) is 23.1 Å². The number of nitrogens with zero attached hydrogens (tertiary/aromatic N) is 3. The number of carbonyl (C=O) groups excluding carboxylic acids is 2. The summed E-state index contributed by atoms with van der Waals surface area (Å²) in [5.74, 6) is 0.873. The standard InChI is InChI=1S/C16H16N6O3S2/c1-9-3-5-11(6-4-9)17-14(24)19-15-20-21-16(27-15)26-8-13(23)18-12-7-10(2)25-22-12/h3-7H,8H2,1-2H3,(H,18,22,23)(H2,17,19,20,24). The van der Waals surface area contributed by atoms with E-state index in [-0.39, 0.29) is 11.7 Å². The molecule has 0 bridgehead atoms. The van der Waals surface area contributed by atoms with E-state index in [1.807, 2.05) is 31.2 Å². The zero-order valence-corrected chi connectivity index (χ0v) is 16.1. The van der Waals surface area contributed by atoms with Crippen LogP contribution in [0.2, 0.25) is 0 Å². The number of amides is 3. The number of aryl methyl sites for hydroxylation is 2. The molecule has 3 N–H and O–H groups in total. The summed E-state index contributed by atoms with van der Waals surface area (Å²) in [4.78, 5) is 23.8. The Labute approximate surface area is 162 Å². The van der Waals surface area contributed by atoms with Gasteiger partial charge in [0, 0.05) is 11.8 Å². The molecule has 3 aromatic rings. The van der Waals surface area contributed by atoms with E-state index in [1.54, 1.807) is 13.0 Å². The van der Waals surface area contributed by atoms with Crippen molar-refractivity contribution in [2.75, 3.05) is 21.7 Å². The maximum atomic E-state index is 12.0. The van der Waals surface area contributed by atoms with Gasteiger partial charge in [0.25, 0.3) is 0 Å². The molecular formula is C16H16N6O3S2. The second-order valence-corrected chi connectivity index (χ2v) is 7.68. The van der Waals surface area contributed by atoms with Crippen LogP contribution in [0.1, 0.15) is 11.3 Å². The van der Waals surface area contributed by atoms with Crippen LogP contribution in [0, 0.1) is 13.8 Å². The van der Waals surface area contributed by atoms with Crippen molar-refractivity contribution in [2.24, 2.45) is 0 Å². The van der Waals surface area contributed by atoms with E-state index in [0.717, 1.165) is 5.56 Å². The Balaban J connectivity index is 1.45. The highest BCUT2D eigenvalue weighted by Crippen LogP contribution is 2.25. The molecule has 3 rings (SSSR count). The third-order valence-electron chi connectivity index (χ3n) is 3.16. The molecule has 0 spiro atoms. The van der Waals surface area contributed by atoms with Gasteiger partial charge in [-0.05, 0) is 26.0 Å². The smallest absolute Gasteiger partial charge is 0.325 e. The van der Waals surface area contributed by atoms with E-state index in [2.05, 4.69) is 31.3 Å². The molecule has 2 heterocycles. The Morgan fingerprint density at radius 3 is 2.59 bits per heavy atom. The zero-order valence-electron chi connectivity index (χ0n) is 14.5. The predicted octanol–water partition coefficient (Wildman–Crippen LogP) is 3.52. The maximum Gasteiger partial charge on any atom is 0.325 e. The normalized spacial score (nSPS) is 10.4. The number of rotatable bonds is 6. The Kier molecular flexibility index (Phi) is 6.04. The van der Waals surface area contributed by atoms with Gasteiger partial charge in [-0.2, -0.15) is 0 Å². The van der Waals surface area contributed by atoms with Crippen molar-refractivity contribution >= 4 is 51.7 Å². The summed E-state index contributed by atoms with van der Waals surface area (Å²) >= 11 is 2.39. The third kappa shape index (κ3) is 5.79. The number of thioether (sulfide) groups is 1. The molecule has 1 aromatic carbocycles. The number of carbonyl (C=O) groups is 2. The number of nitrogens with one attached hydrogen (secondary N) is 3. The molecular weight excluding hydrogens is 388 g/mol. The summed E-state index contributed by atoms with van der Waals surface area (Å²) in [7, 11) is 0. The first-order valence-electron chi connectivity index (χ1n) is 7.82. The molecule has 0 aliphatic rings. The lowest BCUT2D eigenvalue weighted by Gasteiger charge is -2.04. The van der Waals surface area contributed by atoms with E-state index >= 15 is 0 Å². The Morgan fingerprint density at radius 1 is 1.11 bits per heavy atom. The number of aromatic nitrogens is 3. The minimum Gasteiger partial charge on any atom is -0.360 e. The van der Waals surface area contributed by atoms with Gasteiger partial charge in [-0.1, -0.05) is 46.0 Å². The zero-order chi connectivity index (χ0) is 19.2. The van der Waals surface area contributed by atoms with Crippen molar-refractivity contribution in [3.63, 3.8) is 0 Å². The first kappa shape index (κ1) is 18.9. The fraction of sp³-hybridized carbons (Fsp3) is 0.188. The number of hydrogen-bond donors (Lipinski definition) is 3. The minimum absolute atomic E-state index is 0.135. The van der Waals surface area contributed by atoms with E-state index in [4.69, 9.17) is 4.52 Å². The van der Waals surface area contributed by atoms with Gasteiger partial charge in [-0.3, -0.25) is 10.1 Å². The molecule has 0 fully saturated rings. The molecule has 2 aromatic heterocycles. The van der Waals surface area contributed by atoms with Crippen molar-refractivity contribution in [1.29, 1.82) is 0 Å². The lowest BCUT2D eigenvalue weighted by atomic mass is 10.2. The largest absolute Gasteiger partial charge is 0.360 e. The fourth-order valence-electron chi connectivity index (χ4n) is 1.95. The van der Waals surface area contributed by atoms with E-state index in [0.29, 0.717) is 26.7 Å². The highest BCUT2D eigenvalue weighted by atomic mass is 32.2. The van der Waals surface area contributed by atoms with E-state index in [9.17, 15) is 9.59 Å².